The minimum atomic E-state index is -0.0818. The van der Waals surface area contributed by atoms with Crippen molar-refractivity contribution in [1.29, 1.82) is 0 Å². The summed E-state index contributed by atoms with van der Waals surface area (Å²) in [6, 6.07) is 9.33. The number of rotatable bonds is 3. The van der Waals surface area contributed by atoms with Crippen LogP contribution >= 0.6 is 0 Å². The van der Waals surface area contributed by atoms with Gasteiger partial charge in [0.1, 0.15) is 0 Å². The Kier molecular flexibility index (Phi) is 2.83. The Labute approximate surface area is 87.4 Å². The first-order valence-corrected chi connectivity index (χ1v) is 5.03. The number of hydrogen-bond donors (Lipinski definition) is 2. The first-order valence-electron chi connectivity index (χ1n) is 5.03. The molecule has 0 amide bonds. The summed E-state index contributed by atoms with van der Waals surface area (Å²) in [4.78, 5) is 14.1. The van der Waals surface area contributed by atoms with Crippen LogP contribution in [-0.2, 0) is 6.42 Å². The molecule has 0 aliphatic rings. The van der Waals surface area contributed by atoms with Gasteiger partial charge in [-0.25, -0.2) is 0 Å². The van der Waals surface area contributed by atoms with Gasteiger partial charge in [0.15, 0.2) is 0 Å². The number of aryl methyl sites for hydroxylation is 1. The lowest BCUT2D eigenvalue weighted by atomic mass is 10.1. The maximum absolute atomic E-state index is 11.3. The predicted octanol–water partition coefficient (Wildman–Crippen LogP) is 1.45. The van der Waals surface area contributed by atoms with Crippen molar-refractivity contribution in [2.24, 2.45) is 0 Å². The minimum absolute atomic E-state index is 0.0818. The summed E-state index contributed by atoms with van der Waals surface area (Å²) in [6.45, 7) is 0.154. The highest BCUT2D eigenvalue weighted by Crippen LogP contribution is 2.15. The molecule has 2 aromatic rings. The molecule has 1 aromatic heterocycles. The fourth-order valence-corrected chi connectivity index (χ4v) is 1.75. The highest BCUT2D eigenvalue weighted by Gasteiger charge is 2.01. The summed E-state index contributed by atoms with van der Waals surface area (Å²) >= 11 is 0. The number of aliphatic hydroxyl groups excluding tert-OH is 1. The number of aromatic nitrogens is 1. The van der Waals surface area contributed by atoms with Crippen LogP contribution in [0.15, 0.2) is 35.1 Å². The minimum Gasteiger partial charge on any atom is -0.396 e. The van der Waals surface area contributed by atoms with Gasteiger partial charge in [0.2, 0.25) is 5.56 Å². The Balaban J connectivity index is 2.55. The Morgan fingerprint density at radius 3 is 2.87 bits per heavy atom. The van der Waals surface area contributed by atoms with Crippen molar-refractivity contribution >= 4 is 10.9 Å². The lowest BCUT2D eigenvalue weighted by molar-refractivity contribution is 0.288. The van der Waals surface area contributed by atoms with Crippen LogP contribution in [0, 0.1) is 0 Å². The molecule has 78 valence electrons. The highest BCUT2D eigenvalue weighted by atomic mass is 16.2. The van der Waals surface area contributed by atoms with E-state index in [0.29, 0.717) is 6.42 Å². The zero-order valence-electron chi connectivity index (χ0n) is 8.36. The third-order valence-electron chi connectivity index (χ3n) is 2.44. The number of hydrogen-bond acceptors (Lipinski definition) is 2. The van der Waals surface area contributed by atoms with Crippen LogP contribution in [0.3, 0.4) is 0 Å². The topological polar surface area (TPSA) is 53.1 Å². The van der Waals surface area contributed by atoms with Gasteiger partial charge in [0.25, 0.3) is 0 Å². The van der Waals surface area contributed by atoms with E-state index < -0.39 is 0 Å². The second kappa shape index (κ2) is 4.28. The number of H-pyrrole nitrogens is 1. The van der Waals surface area contributed by atoms with Gasteiger partial charge in [0.05, 0.1) is 0 Å². The van der Waals surface area contributed by atoms with Crippen molar-refractivity contribution in [3.8, 4) is 0 Å². The monoisotopic (exact) mass is 203 g/mol. The fraction of sp³-hybridized carbons (Fsp3) is 0.250. The number of fused-ring (bicyclic) bond motifs is 1. The van der Waals surface area contributed by atoms with Crippen molar-refractivity contribution in [2.75, 3.05) is 6.61 Å². The molecule has 15 heavy (non-hydrogen) atoms. The fourth-order valence-electron chi connectivity index (χ4n) is 1.75. The number of para-hydroxylation sites is 1. The molecule has 1 aromatic carbocycles. The molecule has 0 saturated carbocycles. The molecule has 3 heteroatoms. The van der Waals surface area contributed by atoms with Crippen LogP contribution in [0.25, 0.3) is 10.9 Å². The second-order valence-electron chi connectivity index (χ2n) is 3.53. The summed E-state index contributed by atoms with van der Waals surface area (Å²) in [5.74, 6) is 0. The number of aromatic amines is 1. The average molecular weight is 203 g/mol. The van der Waals surface area contributed by atoms with E-state index >= 15 is 0 Å². The van der Waals surface area contributed by atoms with Crippen LogP contribution in [0.4, 0.5) is 0 Å². The van der Waals surface area contributed by atoms with Crippen molar-refractivity contribution < 1.29 is 5.11 Å². The molecule has 0 saturated heterocycles. The predicted molar refractivity (Wildman–Crippen MR) is 60.0 cm³/mol. The third kappa shape index (κ3) is 2.07. The molecule has 0 spiro atoms. The van der Waals surface area contributed by atoms with Gasteiger partial charge in [-0.15, -0.1) is 0 Å². The SMILES string of the molecule is O=c1cc(CCCO)c2ccccc2[nH]1. The molecule has 0 fully saturated rings. The normalized spacial score (nSPS) is 10.7. The quantitative estimate of drug-likeness (QED) is 0.793. The molecule has 0 radical (unpaired) electrons. The van der Waals surface area contributed by atoms with Crippen molar-refractivity contribution in [2.45, 2.75) is 12.8 Å². The molecule has 2 rings (SSSR count). The molecular weight excluding hydrogens is 190 g/mol. The van der Waals surface area contributed by atoms with Gasteiger partial charge < -0.3 is 10.1 Å². The van der Waals surface area contributed by atoms with E-state index in [2.05, 4.69) is 4.98 Å². The second-order valence-corrected chi connectivity index (χ2v) is 3.53. The Morgan fingerprint density at radius 2 is 2.07 bits per heavy atom. The van der Waals surface area contributed by atoms with Crippen molar-refractivity contribution in [1.82, 2.24) is 4.98 Å². The maximum atomic E-state index is 11.3. The average Bonchev–Trinajstić information content (AvgIpc) is 2.25. The van der Waals surface area contributed by atoms with Crippen LogP contribution in [0.5, 0.6) is 0 Å². The van der Waals surface area contributed by atoms with Crippen LogP contribution in [0.2, 0.25) is 0 Å². The molecule has 2 N–H and O–H groups in total. The molecule has 0 unspecified atom stereocenters. The van der Waals surface area contributed by atoms with E-state index in [1.54, 1.807) is 6.07 Å². The van der Waals surface area contributed by atoms with E-state index in [9.17, 15) is 4.79 Å². The molecule has 0 bridgehead atoms. The van der Waals surface area contributed by atoms with Gasteiger partial charge in [-0.2, -0.15) is 0 Å². The Bertz CT molecular complexity index is 516. The van der Waals surface area contributed by atoms with Crippen molar-refractivity contribution in [3.63, 3.8) is 0 Å². The Hall–Kier alpha value is -1.61. The molecule has 0 atom stereocenters. The zero-order chi connectivity index (χ0) is 10.7. The first kappa shape index (κ1) is 9.93. The lowest BCUT2D eigenvalue weighted by Crippen LogP contribution is -2.06. The van der Waals surface area contributed by atoms with E-state index in [-0.39, 0.29) is 12.2 Å². The molecule has 0 aliphatic carbocycles. The number of nitrogens with one attached hydrogen (secondary N) is 1. The maximum Gasteiger partial charge on any atom is 0.248 e. The Morgan fingerprint density at radius 1 is 1.27 bits per heavy atom. The molecular formula is C12H13NO2. The zero-order valence-corrected chi connectivity index (χ0v) is 8.36. The summed E-state index contributed by atoms with van der Waals surface area (Å²) in [5.41, 5.74) is 1.78. The standard InChI is InChI=1S/C12H13NO2/c14-7-3-4-9-8-12(15)13-11-6-2-1-5-10(9)11/h1-2,5-6,8,14H,3-4,7H2,(H,13,15). The van der Waals surface area contributed by atoms with Crippen LogP contribution < -0.4 is 5.56 Å². The van der Waals surface area contributed by atoms with E-state index in [1.165, 1.54) is 0 Å². The van der Waals surface area contributed by atoms with Gasteiger partial charge >= 0.3 is 0 Å². The van der Waals surface area contributed by atoms with E-state index in [4.69, 9.17) is 5.11 Å². The summed E-state index contributed by atoms with van der Waals surface area (Å²) in [6.07, 6.45) is 1.42. The number of aliphatic hydroxyl groups is 1. The van der Waals surface area contributed by atoms with Gasteiger partial charge in [-0.1, -0.05) is 18.2 Å². The highest BCUT2D eigenvalue weighted by molar-refractivity contribution is 5.81. The third-order valence-corrected chi connectivity index (χ3v) is 2.44. The molecule has 0 aliphatic heterocycles. The summed E-state index contributed by atoms with van der Waals surface area (Å²) in [5, 5.41) is 9.84. The van der Waals surface area contributed by atoms with Crippen LogP contribution in [0.1, 0.15) is 12.0 Å². The number of pyridine rings is 1. The molecule has 3 nitrogen and oxygen atoms in total. The lowest BCUT2D eigenvalue weighted by Gasteiger charge is -2.04. The smallest absolute Gasteiger partial charge is 0.248 e. The van der Waals surface area contributed by atoms with Crippen molar-refractivity contribution in [3.05, 3.63) is 46.2 Å². The molecule has 1 heterocycles. The van der Waals surface area contributed by atoms with Gasteiger partial charge in [-0.05, 0) is 24.5 Å². The van der Waals surface area contributed by atoms with Gasteiger partial charge in [0, 0.05) is 23.6 Å². The summed E-state index contributed by atoms with van der Waals surface area (Å²) in [7, 11) is 0. The van der Waals surface area contributed by atoms with E-state index in [1.807, 2.05) is 24.3 Å². The van der Waals surface area contributed by atoms with E-state index in [0.717, 1.165) is 22.9 Å². The first-order chi connectivity index (χ1) is 7.31. The summed E-state index contributed by atoms with van der Waals surface area (Å²) < 4.78 is 0. The largest absolute Gasteiger partial charge is 0.396 e. The van der Waals surface area contributed by atoms with Crippen LogP contribution in [-0.4, -0.2) is 16.7 Å². The van der Waals surface area contributed by atoms with Gasteiger partial charge in [-0.3, -0.25) is 4.79 Å². The number of benzene rings is 1.